The van der Waals surface area contributed by atoms with Gasteiger partial charge in [-0.3, -0.25) is 0 Å². The maximum absolute atomic E-state index is 6.59. The minimum atomic E-state index is -0.834. The van der Waals surface area contributed by atoms with E-state index < -0.39 is 122 Å². The fourth-order valence-electron chi connectivity index (χ4n) is 8.89. The summed E-state index contributed by atoms with van der Waals surface area (Å²) in [7, 11) is 0. The summed E-state index contributed by atoms with van der Waals surface area (Å²) in [5.41, 5.74) is 0. The first-order chi connectivity index (χ1) is 25.1. The van der Waals surface area contributed by atoms with Crippen LogP contribution < -0.4 is 0 Å². The lowest BCUT2D eigenvalue weighted by atomic mass is 10.1. The second-order valence-electron chi connectivity index (χ2n) is 17.1. The second kappa shape index (κ2) is 14.0. The Bertz CT molecular complexity index is 1220. The summed E-state index contributed by atoms with van der Waals surface area (Å²) in [6.07, 6.45) is -6.60. The SMILES string of the molecule is CC1(C)O[C@H]2O[C@@H]3COC[C@H]4O[C@@H]5OC(C)(C)O[C@@H]5[C@H]4OC[C@H]4O[C@@H]5OC(C)(C)O[C@@H]5[C@H]4OCCCCO[C@@H]4[C@H]5OC(C)(C)O[C@H]5O[C@@H]4CO[C@@H]3[C@H]2O1. The Morgan fingerprint density at radius 1 is 0.321 bits per heavy atom. The van der Waals surface area contributed by atoms with Crippen LogP contribution in [0.15, 0.2) is 0 Å². The van der Waals surface area contributed by atoms with Gasteiger partial charge in [0.1, 0.15) is 73.2 Å². The molecule has 0 aliphatic carbocycles. The molecular formula is C36H56O17. The molecule has 9 aliphatic heterocycles. The molecule has 0 unspecified atom stereocenters. The van der Waals surface area contributed by atoms with Gasteiger partial charge in [-0.15, -0.1) is 0 Å². The summed E-state index contributed by atoms with van der Waals surface area (Å²) in [4.78, 5) is 0. The number of rotatable bonds is 0. The van der Waals surface area contributed by atoms with Gasteiger partial charge in [0, 0.05) is 13.2 Å². The third kappa shape index (κ3) is 7.58. The van der Waals surface area contributed by atoms with Crippen LogP contribution in [0.2, 0.25) is 0 Å². The van der Waals surface area contributed by atoms with E-state index in [2.05, 4.69) is 0 Å². The Hall–Kier alpha value is -0.680. The van der Waals surface area contributed by atoms with Crippen molar-refractivity contribution in [2.24, 2.45) is 0 Å². The lowest BCUT2D eigenvalue weighted by molar-refractivity contribution is -0.242. The molecule has 302 valence electrons. The van der Waals surface area contributed by atoms with Crippen LogP contribution in [0.4, 0.5) is 0 Å². The Morgan fingerprint density at radius 2 is 0.604 bits per heavy atom. The van der Waals surface area contributed by atoms with Crippen molar-refractivity contribution in [3.63, 3.8) is 0 Å². The van der Waals surface area contributed by atoms with E-state index in [0.29, 0.717) is 13.2 Å². The fraction of sp³-hybridized carbons (Fsp3) is 1.00. The number of fused-ring (bicyclic) bond motifs is 12. The zero-order valence-electron chi connectivity index (χ0n) is 31.8. The Balaban J connectivity index is 0.940. The van der Waals surface area contributed by atoms with Crippen LogP contribution in [-0.2, 0) is 80.5 Å². The minimum Gasteiger partial charge on any atom is -0.376 e. The van der Waals surface area contributed by atoms with E-state index in [4.69, 9.17) is 80.5 Å². The van der Waals surface area contributed by atoms with Gasteiger partial charge < -0.3 is 80.5 Å². The highest BCUT2D eigenvalue weighted by molar-refractivity contribution is 5.00. The van der Waals surface area contributed by atoms with Gasteiger partial charge in [-0.25, -0.2) is 0 Å². The summed E-state index contributed by atoms with van der Waals surface area (Å²) in [5.74, 6) is -3.27. The highest BCUT2D eigenvalue weighted by Gasteiger charge is 2.61. The Kier molecular flexibility index (Phi) is 10.0. The van der Waals surface area contributed by atoms with Gasteiger partial charge in [0.2, 0.25) is 0 Å². The van der Waals surface area contributed by atoms with Crippen molar-refractivity contribution in [3.05, 3.63) is 0 Å². The summed E-state index contributed by atoms with van der Waals surface area (Å²) in [5, 5.41) is 0. The van der Waals surface area contributed by atoms with Crippen molar-refractivity contribution < 1.29 is 80.5 Å². The summed E-state index contributed by atoms with van der Waals surface area (Å²) >= 11 is 0. The largest absolute Gasteiger partial charge is 0.376 e. The average Bonchev–Trinajstić information content (AvgIpc) is 3.90. The molecule has 0 radical (unpaired) electrons. The van der Waals surface area contributed by atoms with E-state index in [1.807, 2.05) is 55.4 Å². The molecule has 9 fully saturated rings. The van der Waals surface area contributed by atoms with Gasteiger partial charge >= 0.3 is 0 Å². The number of ether oxygens (including phenoxy) is 17. The van der Waals surface area contributed by atoms with E-state index in [0.717, 1.165) is 12.8 Å². The molecule has 0 aromatic carbocycles. The molecule has 17 nitrogen and oxygen atoms in total. The second-order valence-corrected chi connectivity index (χ2v) is 17.1. The predicted octanol–water partition coefficient (Wildman–Crippen LogP) is 1.84. The first kappa shape index (κ1) is 37.9. The first-order valence-electron chi connectivity index (χ1n) is 19.2. The van der Waals surface area contributed by atoms with Crippen LogP contribution in [-0.4, -0.2) is 161 Å². The first-order valence-corrected chi connectivity index (χ1v) is 19.2. The molecule has 0 N–H and O–H groups in total. The third-order valence-electron chi connectivity index (χ3n) is 11.0. The van der Waals surface area contributed by atoms with Crippen LogP contribution in [0, 0.1) is 0 Å². The zero-order chi connectivity index (χ0) is 36.9. The highest BCUT2D eigenvalue weighted by atomic mass is 16.9. The van der Waals surface area contributed by atoms with Crippen LogP contribution in [0.3, 0.4) is 0 Å². The molecule has 16 atom stereocenters. The van der Waals surface area contributed by atoms with Crippen molar-refractivity contribution >= 4 is 0 Å². The number of hydrogen-bond acceptors (Lipinski definition) is 17. The van der Waals surface area contributed by atoms with Gasteiger partial charge in [0.05, 0.1) is 26.4 Å². The van der Waals surface area contributed by atoms with Crippen molar-refractivity contribution in [1.29, 1.82) is 0 Å². The standard InChI is InChI=1S/C36H56O17/c1-33(2)46-25-21-19(44-29(25)50-33)15-40-23-17(42-31-27(23)48-35(5,6)52-31)13-37-14-18-24(28-32(43-18)53-36(7,8)49-28)41-16-20-22(39-12-10-9-11-38-21)26-30(45-20)51-34(3,4)47-26/h17-32H,9-16H2,1-8H3/t17-,18-,19-,20-,21+,22+,23+,24+,25-,26-,27-,28-,29-,30-,31-,32-/m1/s1. The molecule has 0 aromatic heterocycles. The van der Waals surface area contributed by atoms with Crippen LogP contribution in [0.1, 0.15) is 68.2 Å². The Labute approximate surface area is 309 Å². The molecule has 9 saturated heterocycles. The maximum atomic E-state index is 6.59. The van der Waals surface area contributed by atoms with Crippen molar-refractivity contribution in [2.75, 3.05) is 39.6 Å². The fourth-order valence-corrected chi connectivity index (χ4v) is 8.89. The quantitative estimate of drug-likeness (QED) is 0.352. The van der Waals surface area contributed by atoms with Gasteiger partial charge in [0.25, 0.3) is 0 Å². The zero-order valence-corrected chi connectivity index (χ0v) is 31.8. The van der Waals surface area contributed by atoms with Gasteiger partial charge in [0.15, 0.2) is 48.3 Å². The molecule has 9 aliphatic rings. The van der Waals surface area contributed by atoms with E-state index in [9.17, 15) is 0 Å². The molecule has 9 heterocycles. The predicted molar refractivity (Wildman–Crippen MR) is 174 cm³/mol. The lowest BCUT2D eigenvalue weighted by Crippen LogP contribution is -2.45. The lowest BCUT2D eigenvalue weighted by Gasteiger charge is -2.30. The van der Waals surface area contributed by atoms with E-state index >= 15 is 0 Å². The van der Waals surface area contributed by atoms with Crippen LogP contribution in [0.5, 0.6) is 0 Å². The highest BCUT2D eigenvalue weighted by Crippen LogP contribution is 2.44. The normalized spacial score (nSPS) is 51.6. The van der Waals surface area contributed by atoms with Crippen molar-refractivity contribution in [1.82, 2.24) is 0 Å². The molecule has 9 rings (SSSR count). The van der Waals surface area contributed by atoms with Crippen LogP contribution >= 0.6 is 0 Å². The topological polar surface area (TPSA) is 157 Å². The molecule has 0 saturated carbocycles. The summed E-state index contributed by atoms with van der Waals surface area (Å²) in [6.45, 7) is 16.5. The summed E-state index contributed by atoms with van der Waals surface area (Å²) in [6, 6.07) is 0. The number of hydrogen-bond donors (Lipinski definition) is 0. The molecular weight excluding hydrogens is 704 g/mol. The molecule has 0 spiro atoms. The smallest absolute Gasteiger partial charge is 0.190 e. The molecule has 0 bridgehead atoms. The van der Waals surface area contributed by atoms with Gasteiger partial charge in [-0.05, 0) is 68.2 Å². The van der Waals surface area contributed by atoms with E-state index in [-0.39, 0.29) is 26.4 Å². The monoisotopic (exact) mass is 760 g/mol. The van der Waals surface area contributed by atoms with E-state index in [1.54, 1.807) is 0 Å². The third-order valence-corrected chi connectivity index (χ3v) is 11.0. The van der Waals surface area contributed by atoms with Gasteiger partial charge in [-0.2, -0.15) is 0 Å². The minimum absolute atomic E-state index is 0.173. The Morgan fingerprint density at radius 3 is 0.925 bits per heavy atom. The molecule has 53 heavy (non-hydrogen) atoms. The van der Waals surface area contributed by atoms with E-state index in [1.165, 1.54) is 0 Å². The summed E-state index contributed by atoms with van der Waals surface area (Å²) < 4.78 is 107. The molecule has 0 amide bonds. The van der Waals surface area contributed by atoms with Crippen LogP contribution in [0.25, 0.3) is 0 Å². The molecule has 17 heteroatoms. The van der Waals surface area contributed by atoms with Crippen molar-refractivity contribution in [3.8, 4) is 0 Å². The van der Waals surface area contributed by atoms with Crippen molar-refractivity contribution in [2.45, 2.75) is 190 Å². The van der Waals surface area contributed by atoms with Gasteiger partial charge in [-0.1, -0.05) is 0 Å². The molecule has 0 aromatic rings. The average molecular weight is 761 g/mol. The maximum Gasteiger partial charge on any atom is 0.190 e.